The van der Waals surface area contributed by atoms with Crippen LogP contribution in [0.4, 0.5) is 0 Å². The van der Waals surface area contributed by atoms with Crippen LogP contribution >= 0.6 is 0 Å². The molecule has 4 nitrogen and oxygen atoms in total. The van der Waals surface area contributed by atoms with E-state index in [1.54, 1.807) is 0 Å². The molecule has 1 aliphatic rings. The van der Waals surface area contributed by atoms with Gasteiger partial charge in [-0.3, -0.25) is 4.79 Å². The molecule has 3 rings (SSSR count). The molecule has 0 radical (unpaired) electrons. The van der Waals surface area contributed by atoms with E-state index in [0.29, 0.717) is 5.69 Å². The summed E-state index contributed by atoms with van der Waals surface area (Å²) in [6.45, 7) is 0.958. The summed E-state index contributed by atoms with van der Waals surface area (Å²) in [6.07, 6.45) is 4.97. The Morgan fingerprint density at radius 3 is 2.75 bits per heavy atom. The fourth-order valence-electron chi connectivity index (χ4n) is 2.91. The molecule has 0 atom stereocenters. The summed E-state index contributed by atoms with van der Waals surface area (Å²) in [4.78, 5) is 16.0. The highest BCUT2D eigenvalue weighted by Gasteiger charge is 2.22. The number of aromatic nitrogens is 2. The summed E-state index contributed by atoms with van der Waals surface area (Å²) >= 11 is 0. The van der Waals surface area contributed by atoms with Gasteiger partial charge in [-0.05, 0) is 31.2 Å². The number of fused-ring (bicyclic) bond motifs is 1. The Balaban J connectivity index is 1.84. The van der Waals surface area contributed by atoms with Crippen LogP contribution in [0.5, 0.6) is 0 Å². The van der Waals surface area contributed by atoms with E-state index >= 15 is 0 Å². The molecule has 104 valence electrons. The van der Waals surface area contributed by atoms with Crippen molar-refractivity contribution >= 4 is 5.91 Å². The lowest BCUT2D eigenvalue weighted by Crippen LogP contribution is -2.18. The zero-order valence-corrected chi connectivity index (χ0v) is 11.5. The Morgan fingerprint density at radius 1 is 1.20 bits per heavy atom. The number of nitrogens with zero attached hydrogens (tertiary/aromatic N) is 2. The first-order valence-corrected chi connectivity index (χ1v) is 7.17. The molecule has 2 aromatic rings. The molecule has 0 saturated carbocycles. The molecule has 4 heteroatoms. The van der Waals surface area contributed by atoms with Crippen molar-refractivity contribution in [3.05, 3.63) is 53.1 Å². The van der Waals surface area contributed by atoms with Gasteiger partial charge in [-0.2, -0.15) is 0 Å². The highest BCUT2D eigenvalue weighted by Crippen LogP contribution is 2.21. The first kappa shape index (κ1) is 12.9. The molecular formula is C16H19N3O. The van der Waals surface area contributed by atoms with Crippen molar-refractivity contribution in [1.29, 1.82) is 0 Å². The molecule has 1 amide bonds. The number of amides is 1. The molecule has 0 fully saturated rings. The van der Waals surface area contributed by atoms with Gasteiger partial charge in [-0.25, -0.2) is 4.98 Å². The molecule has 20 heavy (non-hydrogen) atoms. The summed E-state index contributed by atoms with van der Waals surface area (Å²) in [6, 6.07) is 10.4. The van der Waals surface area contributed by atoms with Crippen LogP contribution in [0.15, 0.2) is 30.3 Å². The highest BCUT2D eigenvalue weighted by molar-refractivity contribution is 5.92. The Labute approximate surface area is 118 Å². The number of aryl methyl sites for hydroxylation is 2. The monoisotopic (exact) mass is 269 g/mol. The topological polar surface area (TPSA) is 60.9 Å². The fraction of sp³-hybridized carbons (Fsp3) is 0.375. The third-order valence-corrected chi connectivity index (χ3v) is 3.91. The fourth-order valence-corrected chi connectivity index (χ4v) is 2.91. The molecule has 1 aromatic carbocycles. The molecule has 0 unspecified atom stereocenters. The lowest BCUT2D eigenvalue weighted by atomic mass is 10.1. The molecule has 0 bridgehead atoms. The zero-order valence-electron chi connectivity index (χ0n) is 11.5. The van der Waals surface area contributed by atoms with Crippen LogP contribution in [-0.2, 0) is 25.8 Å². The van der Waals surface area contributed by atoms with Crippen molar-refractivity contribution in [3.63, 3.8) is 0 Å². The number of rotatable bonds is 4. The quantitative estimate of drug-likeness (QED) is 0.924. The normalized spacial score (nSPS) is 14.0. The SMILES string of the molecule is NC(=O)c1nc(CCc2ccccc2)n2c1CCCC2. The number of hydrogen-bond donors (Lipinski definition) is 1. The molecular weight excluding hydrogens is 250 g/mol. The minimum atomic E-state index is -0.401. The maximum atomic E-state index is 11.5. The third-order valence-electron chi connectivity index (χ3n) is 3.91. The van der Waals surface area contributed by atoms with E-state index in [-0.39, 0.29) is 0 Å². The van der Waals surface area contributed by atoms with Crippen molar-refractivity contribution in [2.75, 3.05) is 0 Å². The zero-order chi connectivity index (χ0) is 13.9. The summed E-state index contributed by atoms with van der Waals surface area (Å²) in [5, 5.41) is 0. The standard InChI is InChI=1S/C16H19N3O/c17-16(20)15-13-8-4-5-11-19(13)14(18-15)10-9-12-6-2-1-3-7-12/h1-3,6-7H,4-5,8-11H2,(H2,17,20). The van der Waals surface area contributed by atoms with Gasteiger partial charge >= 0.3 is 0 Å². The van der Waals surface area contributed by atoms with Gasteiger partial charge in [0.2, 0.25) is 0 Å². The Bertz CT molecular complexity index is 616. The Morgan fingerprint density at radius 2 is 2.00 bits per heavy atom. The van der Waals surface area contributed by atoms with Crippen molar-refractivity contribution in [2.45, 2.75) is 38.6 Å². The largest absolute Gasteiger partial charge is 0.364 e. The minimum absolute atomic E-state index is 0.401. The Hall–Kier alpha value is -2.10. The smallest absolute Gasteiger partial charge is 0.269 e. The van der Waals surface area contributed by atoms with E-state index in [4.69, 9.17) is 5.73 Å². The number of hydrogen-bond acceptors (Lipinski definition) is 2. The highest BCUT2D eigenvalue weighted by atomic mass is 16.1. The maximum absolute atomic E-state index is 11.5. The van der Waals surface area contributed by atoms with Gasteiger partial charge in [0.15, 0.2) is 0 Å². The van der Waals surface area contributed by atoms with Crippen molar-refractivity contribution < 1.29 is 4.79 Å². The second-order valence-electron chi connectivity index (χ2n) is 5.28. The number of carbonyl (C=O) groups is 1. The molecule has 2 heterocycles. The molecule has 0 spiro atoms. The summed E-state index contributed by atoms with van der Waals surface area (Å²) in [7, 11) is 0. The van der Waals surface area contributed by atoms with E-state index in [2.05, 4.69) is 21.7 Å². The second kappa shape index (κ2) is 5.49. The van der Waals surface area contributed by atoms with Crippen LogP contribution in [0.1, 0.15) is 40.4 Å². The van der Waals surface area contributed by atoms with Crippen LogP contribution in [-0.4, -0.2) is 15.5 Å². The van der Waals surface area contributed by atoms with Crippen molar-refractivity contribution in [1.82, 2.24) is 9.55 Å². The van der Waals surface area contributed by atoms with Gasteiger partial charge < -0.3 is 10.3 Å². The van der Waals surface area contributed by atoms with Gasteiger partial charge in [0.25, 0.3) is 5.91 Å². The van der Waals surface area contributed by atoms with Crippen LogP contribution in [0.2, 0.25) is 0 Å². The Kier molecular flexibility index (Phi) is 3.54. The first-order valence-electron chi connectivity index (χ1n) is 7.17. The predicted molar refractivity (Wildman–Crippen MR) is 77.5 cm³/mol. The lowest BCUT2D eigenvalue weighted by molar-refractivity contribution is 0.0994. The number of primary amides is 1. The van der Waals surface area contributed by atoms with Gasteiger partial charge in [0, 0.05) is 13.0 Å². The average molecular weight is 269 g/mol. The molecule has 1 aromatic heterocycles. The molecule has 2 N–H and O–H groups in total. The van der Waals surface area contributed by atoms with Crippen LogP contribution in [0, 0.1) is 0 Å². The van der Waals surface area contributed by atoms with E-state index in [1.807, 2.05) is 18.2 Å². The summed E-state index contributed by atoms with van der Waals surface area (Å²) < 4.78 is 2.20. The van der Waals surface area contributed by atoms with Crippen molar-refractivity contribution in [3.8, 4) is 0 Å². The number of imidazole rings is 1. The van der Waals surface area contributed by atoms with Crippen molar-refractivity contribution in [2.24, 2.45) is 5.73 Å². The van der Waals surface area contributed by atoms with Crippen LogP contribution in [0.25, 0.3) is 0 Å². The number of benzene rings is 1. The van der Waals surface area contributed by atoms with E-state index in [1.165, 1.54) is 5.56 Å². The first-order chi connectivity index (χ1) is 9.75. The average Bonchev–Trinajstić information content (AvgIpc) is 2.85. The summed E-state index contributed by atoms with van der Waals surface area (Å²) in [5.74, 6) is 0.596. The van der Waals surface area contributed by atoms with Crippen LogP contribution < -0.4 is 5.73 Å². The van der Waals surface area contributed by atoms with Gasteiger partial charge in [0.1, 0.15) is 11.5 Å². The second-order valence-corrected chi connectivity index (χ2v) is 5.28. The number of carbonyl (C=O) groups excluding carboxylic acids is 1. The third kappa shape index (κ3) is 2.46. The van der Waals surface area contributed by atoms with Gasteiger partial charge in [0.05, 0.1) is 5.69 Å². The minimum Gasteiger partial charge on any atom is -0.364 e. The van der Waals surface area contributed by atoms with Gasteiger partial charge in [-0.1, -0.05) is 30.3 Å². The van der Waals surface area contributed by atoms with E-state index in [9.17, 15) is 4.79 Å². The maximum Gasteiger partial charge on any atom is 0.269 e. The summed E-state index contributed by atoms with van der Waals surface area (Å²) in [5.41, 5.74) is 8.25. The molecule has 0 aliphatic carbocycles. The number of nitrogens with two attached hydrogens (primary N) is 1. The molecule has 1 aliphatic heterocycles. The molecule has 0 saturated heterocycles. The predicted octanol–water partition coefficient (Wildman–Crippen LogP) is 2.10. The van der Waals surface area contributed by atoms with Crippen LogP contribution in [0.3, 0.4) is 0 Å². The van der Waals surface area contributed by atoms with E-state index in [0.717, 1.165) is 50.2 Å². The van der Waals surface area contributed by atoms with Gasteiger partial charge in [-0.15, -0.1) is 0 Å². The van der Waals surface area contributed by atoms with E-state index < -0.39 is 5.91 Å². The lowest BCUT2D eigenvalue weighted by Gasteiger charge is -2.17.